The van der Waals surface area contributed by atoms with Crippen LogP contribution in [0.3, 0.4) is 0 Å². The SMILES string of the molecule is C=CCSc1nnc(NC(=O)c2cc(S(=O)(=O)N(C)C)ccc2N2CCCCC2)s1. The van der Waals surface area contributed by atoms with Crippen LogP contribution < -0.4 is 10.2 Å². The van der Waals surface area contributed by atoms with Crippen LogP contribution in [-0.4, -0.2) is 61.8 Å². The minimum Gasteiger partial charge on any atom is -0.371 e. The molecule has 2 heterocycles. The van der Waals surface area contributed by atoms with Gasteiger partial charge in [-0.25, -0.2) is 12.7 Å². The average Bonchev–Trinajstić information content (AvgIpc) is 3.19. The van der Waals surface area contributed by atoms with E-state index < -0.39 is 15.9 Å². The molecule has 1 aromatic heterocycles. The topological polar surface area (TPSA) is 95.5 Å². The van der Waals surface area contributed by atoms with Gasteiger partial charge < -0.3 is 4.90 Å². The molecule has 0 aliphatic carbocycles. The molecule has 3 rings (SSSR count). The summed E-state index contributed by atoms with van der Waals surface area (Å²) in [7, 11) is -0.724. The highest BCUT2D eigenvalue weighted by atomic mass is 32.2. The van der Waals surface area contributed by atoms with E-state index in [1.165, 1.54) is 43.3 Å². The Kier molecular flexibility index (Phi) is 7.50. The lowest BCUT2D eigenvalue weighted by Gasteiger charge is -2.30. The number of nitrogens with one attached hydrogen (secondary N) is 1. The van der Waals surface area contributed by atoms with Crippen molar-refractivity contribution in [2.45, 2.75) is 28.5 Å². The van der Waals surface area contributed by atoms with Crippen molar-refractivity contribution in [3.05, 3.63) is 36.4 Å². The van der Waals surface area contributed by atoms with Crippen LogP contribution in [0.2, 0.25) is 0 Å². The summed E-state index contributed by atoms with van der Waals surface area (Å²) in [6.45, 7) is 5.34. The number of piperidine rings is 1. The fourth-order valence-corrected chi connectivity index (χ4v) is 5.53. The Morgan fingerprint density at radius 2 is 2.03 bits per heavy atom. The van der Waals surface area contributed by atoms with E-state index in [2.05, 4.69) is 27.0 Å². The molecule has 8 nitrogen and oxygen atoms in total. The van der Waals surface area contributed by atoms with Crippen LogP contribution in [0.1, 0.15) is 29.6 Å². The van der Waals surface area contributed by atoms with E-state index in [9.17, 15) is 13.2 Å². The molecule has 162 valence electrons. The number of sulfonamides is 1. The fourth-order valence-electron chi connectivity index (χ4n) is 3.09. The second-order valence-electron chi connectivity index (χ2n) is 6.94. The maximum Gasteiger partial charge on any atom is 0.259 e. The van der Waals surface area contributed by atoms with Crippen LogP contribution in [0.4, 0.5) is 10.8 Å². The largest absolute Gasteiger partial charge is 0.371 e. The van der Waals surface area contributed by atoms with E-state index in [0.29, 0.717) is 16.4 Å². The molecule has 11 heteroatoms. The molecule has 0 spiro atoms. The normalized spacial score (nSPS) is 14.7. The third kappa shape index (κ3) is 5.20. The maximum atomic E-state index is 13.1. The Hall–Kier alpha value is -1.95. The minimum absolute atomic E-state index is 0.0814. The second-order valence-corrected chi connectivity index (χ2v) is 11.3. The quantitative estimate of drug-likeness (QED) is 0.361. The first-order valence-electron chi connectivity index (χ1n) is 9.53. The zero-order valence-electron chi connectivity index (χ0n) is 17.0. The van der Waals surface area contributed by atoms with Gasteiger partial charge in [-0.3, -0.25) is 10.1 Å². The van der Waals surface area contributed by atoms with Crippen LogP contribution in [-0.2, 0) is 10.0 Å². The summed E-state index contributed by atoms with van der Waals surface area (Å²) in [4.78, 5) is 15.3. The number of carbonyl (C=O) groups is 1. The standard InChI is InChI=1S/C19H25N5O3S3/c1-4-12-28-19-22-21-18(29-19)20-17(25)15-13-14(30(26,27)23(2)3)8-9-16(15)24-10-6-5-7-11-24/h4,8-9,13H,1,5-7,10-12H2,2-3H3,(H,20,21,25). The number of carbonyl (C=O) groups excluding carboxylic acids is 1. The second kappa shape index (κ2) is 9.90. The summed E-state index contributed by atoms with van der Waals surface area (Å²) < 4.78 is 27.1. The van der Waals surface area contributed by atoms with Gasteiger partial charge in [-0.2, -0.15) is 0 Å². The Morgan fingerprint density at radius 1 is 1.30 bits per heavy atom. The first kappa shape index (κ1) is 22.7. The van der Waals surface area contributed by atoms with Crippen molar-refractivity contribution in [3.8, 4) is 0 Å². The Bertz CT molecular complexity index is 1010. The van der Waals surface area contributed by atoms with Gasteiger partial charge in [-0.05, 0) is 37.5 Å². The first-order chi connectivity index (χ1) is 14.3. The van der Waals surface area contributed by atoms with Crippen LogP contribution in [0.5, 0.6) is 0 Å². The molecular formula is C19H25N5O3S3. The summed E-state index contributed by atoms with van der Waals surface area (Å²) in [6.07, 6.45) is 5.01. The van der Waals surface area contributed by atoms with Crippen molar-refractivity contribution < 1.29 is 13.2 Å². The van der Waals surface area contributed by atoms with Gasteiger partial charge in [0.05, 0.1) is 10.5 Å². The van der Waals surface area contributed by atoms with Crippen molar-refractivity contribution in [2.24, 2.45) is 0 Å². The van der Waals surface area contributed by atoms with Crippen LogP contribution in [0.25, 0.3) is 0 Å². The maximum absolute atomic E-state index is 13.1. The number of hydrogen-bond donors (Lipinski definition) is 1. The van der Waals surface area contributed by atoms with E-state index >= 15 is 0 Å². The van der Waals surface area contributed by atoms with Gasteiger partial charge in [0.25, 0.3) is 5.91 Å². The molecular weight excluding hydrogens is 442 g/mol. The number of anilines is 2. The summed E-state index contributed by atoms with van der Waals surface area (Å²) in [6, 6.07) is 4.73. The summed E-state index contributed by atoms with van der Waals surface area (Å²) in [5.41, 5.74) is 1.05. The Balaban J connectivity index is 1.93. The number of thioether (sulfide) groups is 1. The molecule has 1 fully saturated rings. The molecule has 0 bridgehead atoms. The molecule has 0 saturated carbocycles. The highest BCUT2D eigenvalue weighted by Crippen LogP contribution is 2.30. The molecule has 0 unspecified atom stereocenters. The van der Waals surface area contributed by atoms with Crippen molar-refractivity contribution in [3.63, 3.8) is 0 Å². The van der Waals surface area contributed by atoms with Crippen LogP contribution in [0, 0.1) is 0 Å². The van der Waals surface area contributed by atoms with E-state index in [-0.39, 0.29) is 4.90 Å². The van der Waals surface area contributed by atoms with Crippen molar-refractivity contribution in [1.82, 2.24) is 14.5 Å². The monoisotopic (exact) mass is 467 g/mol. The van der Waals surface area contributed by atoms with Crippen LogP contribution >= 0.6 is 23.1 Å². The lowest BCUT2D eigenvalue weighted by molar-refractivity contribution is 0.102. The number of rotatable bonds is 8. The Labute approximate surface area is 185 Å². The minimum atomic E-state index is -3.66. The van der Waals surface area contributed by atoms with Crippen molar-refractivity contribution >= 4 is 49.8 Å². The van der Waals surface area contributed by atoms with E-state index in [1.807, 2.05) is 0 Å². The molecule has 2 aromatic rings. The number of amides is 1. The van der Waals surface area contributed by atoms with Gasteiger partial charge in [0.2, 0.25) is 15.2 Å². The lowest BCUT2D eigenvalue weighted by atomic mass is 10.1. The molecule has 0 radical (unpaired) electrons. The molecule has 1 aromatic carbocycles. The lowest BCUT2D eigenvalue weighted by Crippen LogP contribution is -2.32. The molecule has 1 saturated heterocycles. The van der Waals surface area contributed by atoms with Crippen molar-refractivity contribution in [1.29, 1.82) is 0 Å². The number of aromatic nitrogens is 2. The highest BCUT2D eigenvalue weighted by molar-refractivity contribution is 8.01. The molecule has 1 aliphatic heterocycles. The number of hydrogen-bond acceptors (Lipinski definition) is 8. The van der Waals surface area contributed by atoms with Gasteiger partial charge in [0.15, 0.2) is 4.34 Å². The zero-order valence-corrected chi connectivity index (χ0v) is 19.4. The fraction of sp³-hybridized carbons (Fsp3) is 0.421. The molecule has 1 N–H and O–H groups in total. The first-order valence-corrected chi connectivity index (χ1v) is 12.8. The van der Waals surface area contributed by atoms with E-state index in [0.717, 1.165) is 46.7 Å². The molecule has 0 atom stereocenters. The summed E-state index contributed by atoms with van der Waals surface area (Å²) in [5.74, 6) is 0.300. The predicted molar refractivity (Wildman–Crippen MR) is 122 cm³/mol. The highest BCUT2D eigenvalue weighted by Gasteiger charge is 2.24. The van der Waals surface area contributed by atoms with Gasteiger partial charge in [-0.1, -0.05) is 29.2 Å². The van der Waals surface area contributed by atoms with E-state index in [1.54, 1.807) is 18.2 Å². The van der Waals surface area contributed by atoms with E-state index in [4.69, 9.17) is 0 Å². The molecule has 1 aliphatic rings. The summed E-state index contributed by atoms with van der Waals surface area (Å²) >= 11 is 2.75. The zero-order chi connectivity index (χ0) is 21.7. The van der Waals surface area contributed by atoms with Gasteiger partial charge in [-0.15, -0.1) is 16.8 Å². The number of benzene rings is 1. The third-order valence-corrected chi connectivity index (χ3v) is 8.42. The van der Waals surface area contributed by atoms with Gasteiger partial charge in [0.1, 0.15) is 0 Å². The smallest absolute Gasteiger partial charge is 0.259 e. The van der Waals surface area contributed by atoms with Gasteiger partial charge in [0, 0.05) is 38.6 Å². The third-order valence-electron chi connectivity index (χ3n) is 4.64. The average molecular weight is 468 g/mol. The predicted octanol–water partition coefficient (Wildman–Crippen LogP) is 3.31. The number of nitrogens with zero attached hydrogens (tertiary/aromatic N) is 4. The van der Waals surface area contributed by atoms with Gasteiger partial charge >= 0.3 is 0 Å². The molecule has 30 heavy (non-hydrogen) atoms. The molecule has 1 amide bonds. The van der Waals surface area contributed by atoms with Crippen molar-refractivity contribution in [2.75, 3.05) is 43.2 Å². The summed E-state index contributed by atoms with van der Waals surface area (Å²) in [5, 5.41) is 11.2. The van der Waals surface area contributed by atoms with Crippen LogP contribution in [0.15, 0.2) is 40.1 Å². The Morgan fingerprint density at radius 3 is 2.70 bits per heavy atom.